The van der Waals surface area contributed by atoms with Crippen LogP contribution in [-0.2, 0) is 14.3 Å². The number of anilines is 1. The number of urea groups is 1. The number of furan rings is 1. The molecule has 2 heterocycles. The van der Waals surface area contributed by atoms with Crippen LogP contribution >= 0.6 is 0 Å². The van der Waals surface area contributed by atoms with Crippen LogP contribution in [0.1, 0.15) is 17.5 Å². The number of carbonyl (C=O) groups is 4. The van der Waals surface area contributed by atoms with Crippen LogP contribution in [0.25, 0.3) is 0 Å². The summed E-state index contributed by atoms with van der Waals surface area (Å²) in [5, 5.41) is 6.85. The summed E-state index contributed by atoms with van der Waals surface area (Å²) in [4.78, 5) is 47.4. The van der Waals surface area contributed by atoms with E-state index in [9.17, 15) is 19.2 Å². The monoisotopic (exact) mass is 417 g/mol. The first kappa shape index (κ1) is 20.7. The summed E-state index contributed by atoms with van der Waals surface area (Å²) < 4.78 is 20.5. The smallest absolute Gasteiger partial charge is 0.328 e. The normalized spacial score (nSPS) is 13.0. The highest BCUT2D eigenvalue weighted by Gasteiger charge is 2.21. The predicted molar refractivity (Wildman–Crippen MR) is 101 cm³/mol. The van der Waals surface area contributed by atoms with Gasteiger partial charge in [0.15, 0.2) is 23.9 Å². The summed E-state index contributed by atoms with van der Waals surface area (Å²) in [6.45, 7) is 1.52. The number of fused-ring (bicyclic) bond motifs is 1. The minimum Gasteiger partial charge on any atom is -0.486 e. The average molecular weight is 417 g/mol. The molecule has 0 unspecified atom stereocenters. The maximum atomic E-state index is 11.9. The van der Waals surface area contributed by atoms with Crippen LogP contribution in [0.3, 0.4) is 0 Å². The van der Waals surface area contributed by atoms with Crippen molar-refractivity contribution in [3.8, 4) is 11.5 Å². The summed E-state index contributed by atoms with van der Waals surface area (Å²) in [5.41, 5.74) is 0.385. The highest BCUT2D eigenvalue weighted by molar-refractivity contribution is 6.02. The Hall–Kier alpha value is -4.02. The first-order valence-corrected chi connectivity index (χ1v) is 8.94. The highest BCUT2D eigenvalue weighted by Crippen LogP contribution is 2.32. The average Bonchev–Trinajstić information content (AvgIpc) is 3.27. The fourth-order valence-corrected chi connectivity index (χ4v) is 2.44. The molecule has 30 heavy (non-hydrogen) atoms. The zero-order valence-corrected chi connectivity index (χ0v) is 15.9. The maximum absolute atomic E-state index is 11.9. The van der Waals surface area contributed by atoms with Crippen molar-refractivity contribution < 1.29 is 37.8 Å². The van der Waals surface area contributed by atoms with Crippen LogP contribution in [-0.4, -0.2) is 49.7 Å². The number of nitrogens with one attached hydrogen (secondary N) is 3. The van der Waals surface area contributed by atoms with Crippen molar-refractivity contribution in [3.05, 3.63) is 42.4 Å². The van der Waals surface area contributed by atoms with Crippen LogP contribution in [0.4, 0.5) is 10.5 Å². The number of imide groups is 1. The Balaban J connectivity index is 1.41. The Morgan fingerprint density at radius 1 is 1.10 bits per heavy atom. The van der Waals surface area contributed by atoms with Gasteiger partial charge >= 0.3 is 12.0 Å². The number of amides is 4. The van der Waals surface area contributed by atoms with Crippen molar-refractivity contribution in [2.45, 2.75) is 13.0 Å². The SMILES string of the molecule is C[C@@H](NC(=O)c1ccco1)C(=O)OCC(=O)NC(=O)Nc1ccc2c(c1)OCCO2. The van der Waals surface area contributed by atoms with E-state index in [-0.39, 0.29) is 5.76 Å². The summed E-state index contributed by atoms with van der Waals surface area (Å²) in [7, 11) is 0. The number of ether oxygens (including phenoxy) is 3. The molecule has 0 spiro atoms. The summed E-state index contributed by atoms with van der Waals surface area (Å²) in [5.74, 6) is -1.23. The number of hydrogen-bond donors (Lipinski definition) is 3. The molecule has 1 aromatic carbocycles. The van der Waals surface area contributed by atoms with Crippen molar-refractivity contribution >= 4 is 29.5 Å². The van der Waals surface area contributed by atoms with Gasteiger partial charge in [-0.05, 0) is 31.2 Å². The molecule has 3 N–H and O–H groups in total. The Kier molecular flexibility index (Phi) is 6.53. The fourth-order valence-electron chi connectivity index (χ4n) is 2.44. The van der Waals surface area contributed by atoms with E-state index in [1.54, 1.807) is 18.2 Å². The van der Waals surface area contributed by atoms with E-state index in [1.165, 1.54) is 25.3 Å². The molecule has 0 bridgehead atoms. The molecule has 1 aliphatic rings. The lowest BCUT2D eigenvalue weighted by Gasteiger charge is -2.19. The second kappa shape index (κ2) is 9.45. The molecule has 1 atom stereocenters. The van der Waals surface area contributed by atoms with Gasteiger partial charge in [0.25, 0.3) is 11.8 Å². The quantitative estimate of drug-likeness (QED) is 0.592. The van der Waals surface area contributed by atoms with Gasteiger partial charge in [-0.25, -0.2) is 9.59 Å². The topological polar surface area (TPSA) is 145 Å². The van der Waals surface area contributed by atoms with E-state index in [4.69, 9.17) is 18.6 Å². The van der Waals surface area contributed by atoms with Gasteiger partial charge in [0.2, 0.25) is 0 Å². The van der Waals surface area contributed by atoms with Gasteiger partial charge in [0, 0.05) is 11.8 Å². The Bertz CT molecular complexity index is 941. The summed E-state index contributed by atoms with van der Waals surface area (Å²) >= 11 is 0. The number of benzene rings is 1. The van der Waals surface area contributed by atoms with E-state index in [1.807, 2.05) is 5.32 Å². The molecule has 4 amide bonds. The Morgan fingerprint density at radius 2 is 1.87 bits per heavy atom. The third-order valence-electron chi connectivity index (χ3n) is 3.84. The van der Waals surface area contributed by atoms with Crippen LogP contribution in [0.15, 0.2) is 41.0 Å². The molecular formula is C19H19N3O8. The zero-order chi connectivity index (χ0) is 21.5. The molecule has 158 valence electrons. The molecule has 0 aliphatic carbocycles. The Morgan fingerprint density at radius 3 is 2.60 bits per heavy atom. The van der Waals surface area contributed by atoms with Crippen LogP contribution in [0, 0.1) is 0 Å². The molecule has 1 aliphatic heterocycles. The largest absolute Gasteiger partial charge is 0.486 e. The van der Waals surface area contributed by atoms with E-state index in [0.717, 1.165) is 0 Å². The molecule has 2 aromatic rings. The molecular weight excluding hydrogens is 398 g/mol. The fraction of sp³-hybridized carbons (Fsp3) is 0.263. The van der Waals surface area contributed by atoms with Crippen molar-refractivity contribution in [2.75, 3.05) is 25.1 Å². The minimum atomic E-state index is -1.03. The molecule has 11 nitrogen and oxygen atoms in total. The lowest BCUT2D eigenvalue weighted by molar-refractivity contribution is -0.149. The van der Waals surface area contributed by atoms with Crippen molar-refractivity contribution in [1.29, 1.82) is 0 Å². The molecule has 0 saturated heterocycles. The molecule has 0 fully saturated rings. The number of hydrogen-bond acceptors (Lipinski definition) is 8. The van der Waals surface area contributed by atoms with Gasteiger partial charge in [-0.3, -0.25) is 14.9 Å². The van der Waals surface area contributed by atoms with Gasteiger partial charge in [-0.15, -0.1) is 0 Å². The molecule has 1 aromatic heterocycles. The van der Waals surface area contributed by atoms with E-state index < -0.39 is 36.5 Å². The van der Waals surface area contributed by atoms with Crippen molar-refractivity contribution in [2.24, 2.45) is 0 Å². The highest BCUT2D eigenvalue weighted by atomic mass is 16.6. The van der Waals surface area contributed by atoms with Crippen LogP contribution in [0.2, 0.25) is 0 Å². The molecule has 11 heteroatoms. The van der Waals surface area contributed by atoms with Gasteiger partial charge in [0.1, 0.15) is 19.3 Å². The maximum Gasteiger partial charge on any atom is 0.328 e. The standard InChI is InChI=1S/C19H19N3O8/c1-11(20-17(24)14-3-2-6-27-14)18(25)30-10-16(23)22-19(26)21-12-4-5-13-15(9-12)29-8-7-28-13/h2-6,9,11H,7-8,10H2,1H3,(H,20,24)(H2,21,22,23,26)/t11-/m1/s1. The molecule has 3 rings (SSSR count). The predicted octanol–water partition coefficient (Wildman–Crippen LogP) is 1.06. The number of esters is 1. The summed E-state index contributed by atoms with van der Waals surface area (Å²) in [6, 6.07) is 5.89. The zero-order valence-electron chi connectivity index (χ0n) is 15.9. The van der Waals surface area contributed by atoms with Gasteiger partial charge < -0.3 is 29.3 Å². The van der Waals surface area contributed by atoms with Crippen molar-refractivity contribution in [3.63, 3.8) is 0 Å². The van der Waals surface area contributed by atoms with Gasteiger partial charge in [-0.2, -0.15) is 0 Å². The van der Waals surface area contributed by atoms with Gasteiger partial charge in [-0.1, -0.05) is 0 Å². The second-order valence-electron chi connectivity index (χ2n) is 6.14. The lowest BCUT2D eigenvalue weighted by atomic mass is 10.2. The third-order valence-corrected chi connectivity index (χ3v) is 3.84. The minimum absolute atomic E-state index is 0.0307. The van der Waals surface area contributed by atoms with Gasteiger partial charge in [0.05, 0.1) is 6.26 Å². The summed E-state index contributed by atoms with van der Waals surface area (Å²) in [6.07, 6.45) is 1.32. The van der Waals surface area contributed by atoms with E-state index in [0.29, 0.717) is 30.4 Å². The molecule has 0 radical (unpaired) electrons. The Labute approximate surface area is 170 Å². The van der Waals surface area contributed by atoms with E-state index in [2.05, 4.69) is 10.6 Å². The third kappa shape index (κ3) is 5.50. The number of carbonyl (C=O) groups excluding carboxylic acids is 4. The van der Waals surface area contributed by atoms with Crippen molar-refractivity contribution in [1.82, 2.24) is 10.6 Å². The van der Waals surface area contributed by atoms with E-state index >= 15 is 0 Å². The number of rotatable bonds is 6. The second-order valence-corrected chi connectivity index (χ2v) is 6.14. The molecule has 0 saturated carbocycles. The first-order valence-electron chi connectivity index (χ1n) is 8.94. The first-order chi connectivity index (χ1) is 14.4. The van der Waals surface area contributed by atoms with Crippen LogP contribution < -0.4 is 25.4 Å². The van der Waals surface area contributed by atoms with Crippen LogP contribution in [0.5, 0.6) is 11.5 Å². The lowest BCUT2D eigenvalue weighted by Crippen LogP contribution is -2.42.